The van der Waals surface area contributed by atoms with Gasteiger partial charge in [-0.1, -0.05) is 24.6 Å². The van der Waals surface area contributed by atoms with Gasteiger partial charge in [0.05, 0.1) is 0 Å². The van der Waals surface area contributed by atoms with Crippen LogP contribution in [0.15, 0.2) is 18.2 Å². The van der Waals surface area contributed by atoms with E-state index in [-0.39, 0.29) is 11.2 Å². The molecule has 0 bridgehead atoms. The van der Waals surface area contributed by atoms with Crippen molar-refractivity contribution in [2.45, 2.75) is 25.3 Å². The van der Waals surface area contributed by atoms with Crippen LogP contribution < -0.4 is 5.32 Å². The monoisotopic (exact) mass is 249 g/mol. The highest BCUT2D eigenvalue weighted by Gasteiger charge is 2.07. The van der Waals surface area contributed by atoms with Gasteiger partial charge < -0.3 is 5.32 Å². The Labute approximate surface area is 99.6 Å². The third-order valence-electron chi connectivity index (χ3n) is 2.17. The van der Waals surface area contributed by atoms with Crippen molar-refractivity contribution < 1.29 is 4.39 Å². The van der Waals surface area contributed by atoms with Gasteiger partial charge in [-0.2, -0.15) is 0 Å². The van der Waals surface area contributed by atoms with Crippen molar-refractivity contribution in [3.63, 3.8) is 0 Å². The Morgan fingerprint density at radius 2 is 2.20 bits per heavy atom. The lowest BCUT2D eigenvalue weighted by atomic mass is 10.2. The number of alkyl halides is 1. The van der Waals surface area contributed by atoms with Crippen LogP contribution >= 0.6 is 23.2 Å². The molecular weight excluding hydrogens is 236 g/mol. The highest BCUT2D eigenvalue weighted by molar-refractivity contribution is 6.31. The van der Waals surface area contributed by atoms with Crippen molar-refractivity contribution in [3.8, 4) is 0 Å². The number of nitrogens with one attached hydrogen (secondary N) is 1. The molecule has 1 unspecified atom stereocenters. The fourth-order valence-corrected chi connectivity index (χ4v) is 1.54. The third-order valence-corrected chi connectivity index (χ3v) is 2.99. The molecule has 0 heterocycles. The minimum Gasteiger partial charge on any atom is -0.311 e. The van der Waals surface area contributed by atoms with Gasteiger partial charge in [-0.05, 0) is 18.6 Å². The molecule has 15 heavy (non-hydrogen) atoms. The lowest BCUT2D eigenvalue weighted by Gasteiger charge is -2.10. The van der Waals surface area contributed by atoms with E-state index in [1.807, 2.05) is 6.92 Å². The Balaban J connectivity index is 2.50. The second-order valence-electron chi connectivity index (χ2n) is 3.34. The summed E-state index contributed by atoms with van der Waals surface area (Å²) in [5.41, 5.74) is 0.499. The van der Waals surface area contributed by atoms with Gasteiger partial charge in [0.1, 0.15) is 5.82 Å². The van der Waals surface area contributed by atoms with Crippen molar-refractivity contribution in [1.29, 1.82) is 0 Å². The molecule has 84 valence electrons. The van der Waals surface area contributed by atoms with Gasteiger partial charge in [0.2, 0.25) is 0 Å². The first-order chi connectivity index (χ1) is 7.15. The SMILES string of the molecule is CCC(Cl)CNCc1c(F)cccc1Cl. The van der Waals surface area contributed by atoms with Gasteiger partial charge in [0.25, 0.3) is 0 Å². The van der Waals surface area contributed by atoms with Crippen molar-refractivity contribution >= 4 is 23.2 Å². The molecular formula is C11H14Cl2FN. The molecule has 0 aliphatic heterocycles. The third kappa shape index (κ3) is 3.98. The Kier molecular flexibility index (Phi) is 5.37. The van der Waals surface area contributed by atoms with Crippen LogP contribution in [0.5, 0.6) is 0 Å². The first-order valence-corrected chi connectivity index (χ1v) is 5.74. The Bertz CT molecular complexity index is 297. The largest absolute Gasteiger partial charge is 0.311 e. The second-order valence-corrected chi connectivity index (χ2v) is 4.36. The van der Waals surface area contributed by atoms with Gasteiger partial charge >= 0.3 is 0 Å². The molecule has 0 saturated heterocycles. The average Bonchev–Trinajstić information content (AvgIpc) is 2.22. The van der Waals surface area contributed by atoms with E-state index in [1.54, 1.807) is 12.1 Å². The Hall–Kier alpha value is -0.310. The summed E-state index contributed by atoms with van der Waals surface area (Å²) in [5, 5.41) is 3.61. The highest BCUT2D eigenvalue weighted by Crippen LogP contribution is 2.18. The maximum atomic E-state index is 13.3. The van der Waals surface area contributed by atoms with Crippen LogP contribution in [0.1, 0.15) is 18.9 Å². The summed E-state index contributed by atoms with van der Waals surface area (Å²) in [6, 6.07) is 4.68. The molecule has 0 aliphatic carbocycles. The number of hydrogen-bond acceptors (Lipinski definition) is 1. The molecule has 0 fully saturated rings. The van der Waals surface area contributed by atoms with E-state index < -0.39 is 0 Å². The summed E-state index contributed by atoms with van der Waals surface area (Å²) in [5.74, 6) is -0.280. The Morgan fingerprint density at radius 3 is 2.80 bits per heavy atom. The smallest absolute Gasteiger partial charge is 0.129 e. The standard InChI is InChI=1S/C11H14Cl2FN/c1-2-8(12)6-15-7-9-10(13)4-3-5-11(9)14/h3-5,8,15H,2,6-7H2,1H3. The van der Waals surface area contributed by atoms with E-state index in [2.05, 4.69) is 5.32 Å². The quantitative estimate of drug-likeness (QED) is 0.787. The maximum Gasteiger partial charge on any atom is 0.129 e. The number of benzene rings is 1. The van der Waals surface area contributed by atoms with Gasteiger partial charge in [-0.15, -0.1) is 11.6 Å². The number of hydrogen-bond donors (Lipinski definition) is 1. The van der Waals surface area contributed by atoms with Crippen LogP contribution in [0.4, 0.5) is 4.39 Å². The van der Waals surface area contributed by atoms with Crippen molar-refractivity contribution in [2.75, 3.05) is 6.54 Å². The van der Waals surface area contributed by atoms with Crippen LogP contribution in [0.2, 0.25) is 5.02 Å². The molecule has 1 nitrogen and oxygen atoms in total. The topological polar surface area (TPSA) is 12.0 Å². The molecule has 1 atom stereocenters. The molecule has 1 N–H and O–H groups in total. The lowest BCUT2D eigenvalue weighted by molar-refractivity contribution is 0.582. The zero-order valence-corrected chi connectivity index (χ0v) is 10.1. The molecule has 4 heteroatoms. The lowest BCUT2D eigenvalue weighted by Crippen LogP contribution is -2.22. The fourth-order valence-electron chi connectivity index (χ4n) is 1.20. The molecule has 0 aliphatic rings. The summed E-state index contributed by atoms with van der Waals surface area (Å²) < 4.78 is 13.3. The summed E-state index contributed by atoms with van der Waals surface area (Å²) in [7, 11) is 0. The molecule has 1 aromatic rings. The molecule has 0 amide bonds. The minimum absolute atomic E-state index is 0.0792. The van der Waals surface area contributed by atoms with Crippen LogP contribution in [0, 0.1) is 5.82 Å². The van der Waals surface area contributed by atoms with Crippen LogP contribution in [-0.4, -0.2) is 11.9 Å². The van der Waals surface area contributed by atoms with Crippen molar-refractivity contribution in [1.82, 2.24) is 5.32 Å². The Morgan fingerprint density at radius 1 is 1.47 bits per heavy atom. The maximum absolute atomic E-state index is 13.3. The molecule has 0 radical (unpaired) electrons. The predicted molar refractivity (Wildman–Crippen MR) is 63.0 cm³/mol. The van der Waals surface area contributed by atoms with Gasteiger partial charge in [-0.3, -0.25) is 0 Å². The fraction of sp³-hybridized carbons (Fsp3) is 0.455. The summed E-state index contributed by atoms with van der Waals surface area (Å²) in [6.07, 6.45) is 0.888. The predicted octanol–water partition coefficient (Wildman–Crippen LogP) is 3.59. The summed E-state index contributed by atoms with van der Waals surface area (Å²) in [4.78, 5) is 0. The van der Waals surface area contributed by atoms with Gasteiger partial charge in [-0.25, -0.2) is 4.39 Å². The van der Waals surface area contributed by atoms with Gasteiger partial charge in [0, 0.05) is 29.1 Å². The number of rotatable bonds is 5. The molecule has 1 rings (SSSR count). The molecule has 0 spiro atoms. The zero-order valence-electron chi connectivity index (χ0n) is 8.56. The van der Waals surface area contributed by atoms with Crippen molar-refractivity contribution in [3.05, 3.63) is 34.6 Å². The van der Waals surface area contributed by atoms with Crippen LogP contribution in [0.3, 0.4) is 0 Å². The normalized spacial score (nSPS) is 12.8. The van der Waals surface area contributed by atoms with Gasteiger partial charge in [0.15, 0.2) is 0 Å². The van der Waals surface area contributed by atoms with Crippen LogP contribution in [0.25, 0.3) is 0 Å². The average molecular weight is 250 g/mol. The highest BCUT2D eigenvalue weighted by atomic mass is 35.5. The molecule has 1 aromatic carbocycles. The van der Waals surface area contributed by atoms with E-state index in [4.69, 9.17) is 23.2 Å². The van der Waals surface area contributed by atoms with E-state index in [1.165, 1.54) is 6.07 Å². The summed E-state index contributed by atoms with van der Waals surface area (Å²) in [6.45, 7) is 3.08. The van der Waals surface area contributed by atoms with E-state index in [0.29, 0.717) is 23.7 Å². The number of halogens is 3. The van der Waals surface area contributed by atoms with Crippen molar-refractivity contribution in [2.24, 2.45) is 0 Å². The zero-order chi connectivity index (χ0) is 11.3. The summed E-state index contributed by atoms with van der Waals surface area (Å²) >= 11 is 11.8. The minimum atomic E-state index is -0.280. The molecule has 0 aromatic heterocycles. The first kappa shape index (κ1) is 12.8. The molecule has 0 saturated carbocycles. The van der Waals surface area contributed by atoms with E-state index in [9.17, 15) is 4.39 Å². The van der Waals surface area contributed by atoms with Crippen LogP contribution in [-0.2, 0) is 6.54 Å². The van der Waals surface area contributed by atoms with E-state index >= 15 is 0 Å². The second kappa shape index (κ2) is 6.31. The first-order valence-electron chi connectivity index (χ1n) is 4.92. The van der Waals surface area contributed by atoms with E-state index in [0.717, 1.165) is 6.42 Å².